The molecule has 0 radical (unpaired) electrons. The Hall–Kier alpha value is -5.55. The fourth-order valence-corrected chi connectivity index (χ4v) is 27.7. The number of Topliss-reactive ketones (excluding diaryl/α,β-unsaturated/α-hetero) is 1. The number of benzene rings is 6. The summed E-state index contributed by atoms with van der Waals surface area (Å²) in [6.45, 7) is 15.9. The van der Waals surface area contributed by atoms with Gasteiger partial charge in [0, 0.05) is 42.3 Å². The van der Waals surface area contributed by atoms with Crippen LogP contribution in [0.15, 0.2) is 152 Å². The fourth-order valence-electron chi connectivity index (χ4n) is 27.7. The van der Waals surface area contributed by atoms with Gasteiger partial charge in [0.25, 0.3) is 0 Å². The van der Waals surface area contributed by atoms with Gasteiger partial charge in [-0.05, 0) is 400 Å². The maximum Gasteiger partial charge on any atom is 0.139 e. The Labute approximate surface area is 736 Å². The molecular weight excluding hydrogens is 1470 g/mol. The summed E-state index contributed by atoms with van der Waals surface area (Å²) >= 11 is 0. The number of allylic oxidation sites excluding steroid dienone is 1. The minimum atomic E-state index is 0.0447. The number of hydrogen-bond donors (Lipinski definition) is 0. The normalized spacial score (nSPS) is 26.6. The summed E-state index contributed by atoms with van der Waals surface area (Å²) in [6.07, 6.45) is 68.4. The largest absolute Gasteiger partial charge is 0.365 e. The average molecular weight is 1640 g/mol. The molecule has 12 fully saturated rings. The van der Waals surface area contributed by atoms with Crippen LogP contribution in [0.2, 0.25) is 0 Å². The zero-order valence-corrected chi connectivity index (χ0v) is 77.2. The summed E-state index contributed by atoms with van der Waals surface area (Å²) in [5.74, 6) is 0.581. The number of piperidine rings is 6. The Balaban J connectivity index is 0.000000102. The molecule has 6 aromatic carbocycles. The summed E-state index contributed by atoms with van der Waals surface area (Å²) in [7, 11) is 13.4. The Morgan fingerprint density at radius 1 is 0.256 bits per heavy atom. The van der Waals surface area contributed by atoms with Crippen LogP contribution in [0.3, 0.4) is 0 Å². The molecule has 1 atom stereocenters. The van der Waals surface area contributed by atoms with Crippen LogP contribution in [0.5, 0.6) is 0 Å². The number of carbonyl (C=O) groups is 1. The number of fused-ring (bicyclic) bond motifs is 12. The number of likely N-dealkylation sites (tertiary alicyclic amines) is 6. The fraction of sp³-hybridized carbons (Fsp3) is 0.655. The molecule has 8 heteroatoms. The molecule has 9 spiro atoms. The van der Waals surface area contributed by atoms with Gasteiger partial charge in [-0.2, -0.15) is 0 Å². The predicted octanol–water partition coefficient (Wildman–Crippen LogP) is 24.9. The van der Waals surface area contributed by atoms with Crippen LogP contribution >= 0.6 is 0 Å². The van der Waals surface area contributed by atoms with Crippen molar-refractivity contribution in [2.24, 2.45) is 16.2 Å². The van der Waals surface area contributed by atoms with Gasteiger partial charge in [0.15, 0.2) is 0 Å². The molecule has 0 N–H and O–H groups in total. The van der Waals surface area contributed by atoms with Crippen LogP contribution in [-0.2, 0) is 74.5 Å². The lowest BCUT2D eigenvalue weighted by Crippen LogP contribution is -2.42. The lowest BCUT2D eigenvalue weighted by Gasteiger charge is -2.47. The third-order valence-electron chi connectivity index (χ3n) is 35.7. The molecule has 6 aromatic rings. The van der Waals surface area contributed by atoms with Gasteiger partial charge in [0.2, 0.25) is 0 Å². The number of ketones is 1. The number of aryl methyl sites for hydroxylation is 3. The second kappa shape index (κ2) is 40.2. The molecule has 0 amide bonds. The van der Waals surface area contributed by atoms with Crippen molar-refractivity contribution < 1.29 is 9.53 Å². The standard InChI is InChI=1S/C15H21N.2C14H19N.C14H17N.C13H17NO.C13H16.C10H19N.C10H16O.C10H18/c1-16-11-9-15(10-12-16)8-4-6-13-5-2-3-7-14(13)15;1-15-10-4-8-14(11-15)9-7-12-5-2-3-6-13(12)14;2*1-15-10-8-14(9-11-15)7-6-12-4-2-3-5-13(12)14;1-14-8-6-13(7-9-14)12-5-3-2-4-11(12)10-15-13;1-4-8-13(9-5-1)10-11-6-2-3-7-12(11)13;1-11-8-6-10(7-9-11)4-2-3-5-10;11-9-5-4-8-10(9)6-2-1-3-7-10;1-2-6-10(7-3-1)8-4-5-9-10/h2-3,5,7H,4,6,8-12H2,1H3;2-3,5-6H,4,7-11H2,1H3;2-5H,6-11H2,1H3;2-7H,8-11H2,1H3;2-5H,6-10H2,1H3;2-3,6-7H,1,4-5,8-10H2;2-9H2,1H3;1-8H2;1-9H2. The molecule has 11 aliphatic carbocycles. The summed E-state index contributed by atoms with van der Waals surface area (Å²) in [4.78, 5) is 26.3. The summed E-state index contributed by atoms with van der Waals surface area (Å²) in [5.41, 5.74) is 23.4. The third-order valence-corrected chi connectivity index (χ3v) is 35.7. The van der Waals surface area contributed by atoms with Crippen molar-refractivity contribution in [3.8, 4) is 0 Å². The van der Waals surface area contributed by atoms with E-state index in [0.717, 1.165) is 49.8 Å². The van der Waals surface area contributed by atoms with E-state index in [-0.39, 0.29) is 11.0 Å². The van der Waals surface area contributed by atoms with Gasteiger partial charge < -0.3 is 34.1 Å². The van der Waals surface area contributed by atoms with Crippen LogP contribution in [0.4, 0.5) is 0 Å². The number of nitrogens with zero attached hydrogens (tertiary/aromatic N) is 6. The van der Waals surface area contributed by atoms with Crippen LogP contribution < -0.4 is 0 Å². The van der Waals surface area contributed by atoms with E-state index in [1.165, 1.54) is 333 Å². The minimum Gasteiger partial charge on any atom is -0.365 e. The maximum atomic E-state index is 11.6. The molecule has 24 rings (SSSR count). The van der Waals surface area contributed by atoms with Gasteiger partial charge >= 0.3 is 0 Å². The van der Waals surface area contributed by atoms with Gasteiger partial charge in [-0.1, -0.05) is 241 Å². The molecular formula is C113H162N6O2. The molecule has 18 aliphatic rings. The zero-order valence-electron chi connectivity index (χ0n) is 77.2. The van der Waals surface area contributed by atoms with Gasteiger partial charge in [-0.25, -0.2) is 0 Å². The van der Waals surface area contributed by atoms with E-state index in [1.54, 1.807) is 75.8 Å². The molecule has 7 aliphatic heterocycles. The summed E-state index contributed by atoms with van der Waals surface area (Å²) in [5, 5.41) is 0. The van der Waals surface area contributed by atoms with Crippen molar-refractivity contribution in [2.75, 3.05) is 121 Å². The van der Waals surface area contributed by atoms with Crippen molar-refractivity contribution in [1.82, 2.24) is 29.4 Å². The van der Waals surface area contributed by atoms with Crippen LogP contribution in [-0.4, -0.2) is 156 Å². The lowest BCUT2D eigenvalue weighted by molar-refractivity contribution is -0.127. The molecule has 8 nitrogen and oxygen atoms in total. The van der Waals surface area contributed by atoms with Gasteiger partial charge in [-0.15, -0.1) is 0 Å². The zero-order chi connectivity index (χ0) is 83.3. The Bertz CT molecular complexity index is 4200. The third kappa shape index (κ3) is 20.5. The number of rotatable bonds is 0. The van der Waals surface area contributed by atoms with Crippen LogP contribution in [0, 0.1) is 16.2 Å². The van der Waals surface area contributed by atoms with Crippen molar-refractivity contribution in [3.63, 3.8) is 0 Å². The molecule has 6 saturated heterocycles. The number of carbonyl (C=O) groups excluding carboxylic acids is 1. The van der Waals surface area contributed by atoms with Crippen LogP contribution in [0.25, 0.3) is 6.08 Å². The highest BCUT2D eigenvalue weighted by atomic mass is 16.5. The number of hydrogen-bond acceptors (Lipinski definition) is 8. The molecule has 656 valence electrons. The quantitative estimate of drug-likeness (QED) is 0.149. The van der Waals surface area contributed by atoms with Crippen molar-refractivity contribution in [2.45, 2.75) is 335 Å². The molecule has 121 heavy (non-hydrogen) atoms. The summed E-state index contributed by atoms with van der Waals surface area (Å²) in [6, 6.07) is 53.9. The van der Waals surface area contributed by atoms with E-state index < -0.39 is 0 Å². The molecule has 0 bridgehead atoms. The highest BCUT2D eigenvalue weighted by molar-refractivity contribution is 5.86. The number of likely N-dealkylation sites (N-methyl/N-ethyl adjacent to an activating group) is 1. The average Bonchev–Trinajstić information content (AvgIpc) is 1.32. The topological polar surface area (TPSA) is 45.7 Å². The van der Waals surface area contributed by atoms with Crippen molar-refractivity contribution in [3.05, 3.63) is 218 Å². The second-order valence-electron chi connectivity index (χ2n) is 43.3. The van der Waals surface area contributed by atoms with Crippen molar-refractivity contribution >= 4 is 11.9 Å². The van der Waals surface area contributed by atoms with E-state index >= 15 is 0 Å². The smallest absolute Gasteiger partial charge is 0.139 e. The van der Waals surface area contributed by atoms with E-state index in [2.05, 4.69) is 229 Å². The first-order chi connectivity index (χ1) is 59.0. The molecule has 1 unspecified atom stereocenters. The SMILES string of the molecule is C1CCC2(CC1)CCCC2.CN1CCC2(C=Cc3ccccc32)CC1.CN1CCC2(CC1)OCc1ccccc12.CN1CCC2(CCCC2)CC1.CN1CCC2(CCCc3ccccc32)CC1.CN1CCC2(CCc3ccccc32)CC1.CN1CCCC2(CCc3ccccc32)C1.O=C1CCCC12CCCCC2.c1ccc2c(c1)CC21CCCCC1. The Kier molecular flexibility index (Phi) is 29.5. The van der Waals surface area contributed by atoms with E-state index in [1.807, 2.05) is 0 Å². The summed E-state index contributed by atoms with van der Waals surface area (Å²) < 4.78 is 6.07. The molecule has 0 aromatic heterocycles. The Morgan fingerprint density at radius 2 is 0.612 bits per heavy atom. The predicted molar refractivity (Wildman–Crippen MR) is 509 cm³/mol. The van der Waals surface area contributed by atoms with Crippen LogP contribution in [0.1, 0.15) is 336 Å². The van der Waals surface area contributed by atoms with E-state index in [4.69, 9.17) is 4.74 Å². The van der Waals surface area contributed by atoms with Gasteiger partial charge in [0.1, 0.15) is 5.78 Å². The monoisotopic (exact) mass is 1640 g/mol. The lowest BCUT2D eigenvalue weighted by atomic mass is 9.57. The highest BCUT2D eigenvalue weighted by Crippen LogP contribution is 2.55. The maximum absolute atomic E-state index is 11.6. The molecule has 6 saturated carbocycles. The first-order valence-corrected chi connectivity index (χ1v) is 50.5. The Morgan fingerprint density at radius 3 is 1.12 bits per heavy atom. The minimum absolute atomic E-state index is 0.0447. The first kappa shape index (κ1) is 88.9. The second-order valence-corrected chi connectivity index (χ2v) is 43.3. The number of ether oxygens (including phenoxy) is 1. The van der Waals surface area contributed by atoms with Gasteiger partial charge in [-0.3, -0.25) is 4.79 Å². The van der Waals surface area contributed by atoms with E-state index in [9.17, 15) is 4.79 Å². The first-order valence-electron chi connectivity index (χ1n) is 50.5. The highest BCUT2D eigenvalue weighted by Gasteiger charge is 2.48. The van der Waals surface area contributed by atoms with E-state index in [0.29, 0.717) is 32.9 Å². The van der Waals surface area contributed by atoms with Gasteiger partial charge in [0.05, 0.1) is 12.2 Å². The van der Waals surface area contributed by atoms with Crippen molar-refractivity contribution in [1.29, 1.82) is 0 Å². The molecule has 7 heterocycles.